The number of rotatable bonds is 7. The van der Waals surface area contributed by atoms with E-state index < -0.39 is 0 Å². The summed E-state index contributed by atoms with van der Waals surface area (Å²) in [5.74, 6) is 1.22. The van der Waals surface area contributed by atoms with Gasteiger partial charge in [0.15, 0.2) is 0 Å². The standard InChI is InChI=1S/C17H18ClNO3S/c1-21-12-4-3-5-13(10-12)22-9-8-19-17(20)15-11-14(23-2)6-7-16(15)18/h3-7,10-11H,8-9H2,1-2H3,(H,19,20). The topological polar surface area (TPSA) is 47.6 Å². The van der Waals surface area contributed by atoms with Crippen molar-refractivity contribution in [3.8, 4) is 11.5 Å². The monoisotopic (exact) mass is 351 g/mol. The third kappa shape index (κ3) is 5.08. The van der Waals surface area contributed by atoms with Crippen LogP contribution in [-0.4, -0.2) is 32.4 Å². The summed E-state index contributed by atoms with van der Waals surface area (Å²) in [4.78, 5) is 13.2. The second kappa shape index (κ2) is 8.70. The van der Waals surface area contributed by atoms with Gasteiger partial charge in [-0.1, -0.05) is 17.7 Å². The molecule has 0 aliphatic rings. The number of benzene rings is 2. The Morgan fingerprint density at radius 2 is 2.00 bits per heavy atom. The van der Waals surface area contributed by atoms with E-state index in [1.54, 1.807) is 37.1 Å². The highest BCUT2D eigenvalue weighted by molar-refractivity contribution is 7.98. The first kappa shape index (κ1) is 17.5. The average Bonchev–Trinajstić information content (AvgIpc) is 2.59. The second-order valence-electron chi connectivity index (χ2n) is 4.63. The third-order valence-corrected chi connectivity index (χ3v) is 4.17. The summed E-state index contributed by atoms with van der Waals surface area (Å²) in [6.45, 7) is 0.745. The number of methoxy groups -OCH3 is 1. The highest BCUT2D eigenvalue weighted by Gasteiger charge is 2.10. The summed E-state index contributed by atoms with van der Waals surface area (Å²) in [5.41, 5.74) is 0.472. The number of hydrogen-bond acceptors (Lipinski definition) is 4. The SMILES string of the molecule is COc1cccc(OCCNC(=O)c2cc(SC)ccc2Cl)c1. The predicted octanol–water partition coefficient (Wildman–Crippen LogP) is 3.88. The molecular weight excluding hydrogens is 334 g/mol. The maximum Gasteiger partial charge on any atom is 0.252 e. The van der Waals surface area contributed by atoms with Crippen molar-refractivity contribution in [1.29, 1.82) is 0 Å². The molecule has 122 valence electrons. The van der Waals surface area contributed by atoms with Crippen LogP contribution in [0.2, 0.25) is 5.02 Å². The minimum atomic E-state index is -0.208. The van der Waals surface area contributed by atoms with Crippen LogP contribution in [0.25, 0.3) is 0 Å². The van der Waals surface area contributed by atoms with Gasteiger partial charge in [-0.05, 0) is 36.6 Å². The number of carbonyl (C=O) groups excluding carboxylic acids is 1. The Bertz CT molecular complexity index is 679. The van der Waals surface area contributed by atoms with Crippen molar-refractivity contribution in [2.24, 2.45) is 0 Å². The molecule has 2 aromatic carbocycles. The van der Waals surface area contributed by atoms with Crippen molar-refractivity contribution in [2.75, 3.05) is 26.5 Å². The maximum atomic E-state index is 12.2. The van der Waals surface area contributed by atoms with Crippen LogP contribution in [0.3, 0.4) is 0 Å². The fraction of sp³-hybridized carbons (Fsp3) is 0.235. The largest absolute Gasteiger partial charge is 0.497 e. The summed E-state index contributed by atoms with van der Waals surface area (Å²) in [6.07, 6.45) is 1.95. The molecule has 1 N–H and O–H groups in total. The fourth-order valence-corrected chi connectivity index (χ4v) is 2.57. The number of carbonyl (C=O) groups is 1. The Morgan fingerprint density at radius 1 is 1.22 bits per heavy atom. The molecule has 0 aliphatic carbocycles. The molecule has 2 rings (SSSR count). The van der Waals surface area contributed by atoms with E-state index in [4.69, 9.17) is 21.1 Å². The fourth-order valence-electron chi connectivity index (χ4n) is 1.93. The zero-order chi connectivity index (χ0) is 16.7. The molecule has 0 saturated carbocycles. The lowest BCUT2D eigenvalue weighted by atomic mass is 10.2. The van der Waals surface area contributed by atoms with Gasteiger partial charge in [-0.2, -0.15) is 0 Å². The van der Waals surface area contributed by atoms with Gasteiger partial charge in [0.25, 0.3) is 5.91 Å². The Balaban J connectivity index is 1.85. The van der Waals surface area contributed by atoms with E-state index in [1.165, 1.54) is 0 Å². The summed E-state index contributed by atoms with van der Waals surface area (Å²) in [5, 5.41) is 3.24. The van der Waals surface area contributed by atoms with Gasteiger partial charge in [-0.3, -0.25) is 4.79 Å². The minimum absolute atomic E-state index is 0.208. The van der Waals surface area contributed by atoms with Crippen LogP contribution in [0.15, 0.2) is 47.4 Å². The Morgan fingerprint density at radius 3 is 2.74 bits per heavy atom. The maximum absolute atomic E-state index is 12.2. The zero-order valence-corrected chi connectivity index (χ0v) is 14.5. The molecule has 0 bridgehead atoms. The minimum Gasteiger partial charge on any atom is -0.497 e. The summed E-state index contributed by atoms with van der Waals surface area (Å²) in [7, 11) is 1.60. The smallest absolute Gasteiger partial charge is 0.252 e. The molecule has 0 unspecified atom stereocenters. The Kier molecular flexibility index (Phi) is 6.62. The lowest BCUT2D eigenvalue weighted by Gasteiger charge is -2.10. The van der Waals surface area contributed by atoms with E-state index in [1.807, 2.05) is 30.5 Å². The highest BCUT2D eigenvalue weighted by atomic mass is 35.5. The van der Waals surface area contributed by atoms with Crippen LogP contribution in [0.5, 0.6) is 11.5 Å². The summed E-state index contributed by atoms with van der Waals surface area (Å²) in [6, 6.07) is 12.7. The van der Waals surface area contributed by atoms with Gasteiger partial charge in [0.1, 0.15) is 18.1 Å². The predicted molar refractivity (Wildman–Crippen MR) is 94.1 cm³/mol. The number of amides is 1. The first-order valence-electron chi connectivity index (χ1n) is 7.02. The van der Waals surface area contributed by atoms with Crippen molar-refractivity contribution in [3.05, 3.63) is 53.1 Å². The first-order valence-corrected chi connectivity index (χ1v) is 8.63. The second-order valence-corrected chi connectivity index (χ2v) is 5.92. The number of thioether (sulfide) groups is 1. The lowest BCUT2D eigenvalue weighted by molar-refractivity contribution is 0.0947. The molecule has 0 fully saturated rings. The number of hydrogen-bond donors (Lipinski definition) is 1. The molecule has 1 amide bonds. The average molecular weight is 352 g/mol. The molecule has 0 heterocycles. The molecule has 6 heteroatoms. The van der Waals surface area contributed by atoms with Crippen molar-refractivity contribution >= 4 is 29.3 Å². The van der Waals surface area contributed by atoms with Gasteiger partial charge in [0.2, 0.25) is 0 Å². The molecule has 0 atom stereocenters. The summed E-state index contributed by atoms with van der Waals surface area (Å²) >= 11 is 7.64. The number of nitrogens with one attached hydrogen (secondary N) is 1. The van der Waals surface area contributed by atoms with E-state index in [0.29, 0.717) is 29.5 Å². The van der Waals surface area contributed by atoms with Crippen molar-refractivity contribution in [2.45, 2.75) is 4.90 Å². The van der Waals surface area contributed by atoms with Gasteiger partial charge in [-0.15, -0.1) is 11.8 Å². The molecule has 2 aromatic rings. The van der Waals surface area contributed by atoms with Gasteiger partial charge in [-0.25, -0.2) is 0 Å². The van der Waals surface area contributed by atoms with Crippen LogP contribution in [0, 0.1) is 0 Å². The Hall–Kier alpha value is -1.85. The van der Waals surface area contributed by atoms with E-state index in [0.717, 1.165) is 10.6 Å². The third-order valence-electron chi connectivity index (χ3n) is 3.12. The van der Waals surface area contributed by atoms with E-state index in [2.05, 4.69) is 5.32 Å². The molecule has 0 aliphatic heterocycles. The normalized spacial score (nSPS) is 10.2. The van der Waals surface area contributed by atoms with Gasteiger partial charge in [0.05, 0.1) is 24.2 Å². The molecule has 23 heavy (non-hydrogen) atoms. The quantitative estimate of drug-likeness (QED) is 0.607. The van der Waals surface area contributed by atoms with Gasteiger partial charge < -0.3 is 14.8 Å². The lowest BCUT2D eigenvalue weighted by Crippen LogP contribution is -2.28. The van der Waals surface area contributed by atoms with Crippen LogP contribution in [-0.2, 0) is 0 Å². The van der Waals surface area contributed by atoms with Crippen LogP contribution >= 0.6 is 23.4 Å². The van der Waals surface area contributed by atoms with Crippen molar-refractivity contribution < 1.29 is 14.3 Å². The van der Waals surface area contributed by atoms with E-state index in [9.17, 15) is 4.79 Å². The van der Waals surface area contributed by atoms with Gasteiger partial charge in [0, 0.05) is 11.0 Å². The number of halogens is 1. The van der Waals surface area contributed by atoms with Crippen LogP contribution < -0.4 is 14.8 Å². The van der Waals surface area contributed by atoms with Crippen molar-refractivity contribution in [1.82, 2.24) is 5.32 Å². The number of ether oxygens (including phenoxy) is 2. The molecule has 0 aromatic heterocycles. The van der Waals surface area contributed by atoms with Gasteiger partial charge >= 0.3 is 0 Å². The van der Waals surface area contributed by atoms with Crippen molar-refractivity contribution in [3.63, 3.8) is 0 Å². The molecular formula is C17H18ClNO3S. The Labute approximate surface area is 145 Å². The van der Waals surface area contributed by atoms with E-state index >= 15 is 0 Å². The molecule has 4 nitrogen and oxygen atoms in total. The first-order chi connectivity index (χ1) is 11.1. The highest BCUT2D eigenvalue weighted by Crippen LogP contribution is 2.23. The molecule has 0 radical (unpaired) electrons. The van der Waals surface area contributed by atoms with Crippen LogP contribution in [0.4, 0.5) is 0 Å². The van der Waals surface area contributed by atoms with E-state index in [-0.39, 0.29) is 5.91 Å². The van der Waals surface area contributed by atoms with Crippen LogP contribution in [0.1, 0.15) is 10.4 Å². The summed E-state index contributed by atoms with van der Waals surface area (Å²) < 4.78 is 10.7. The molecule has 0 spiro atoms. The molecule has 0 saturated heterocycles. The zero-order valence-electron chi connectivity index (χ0n) is 13.0.